The highest BCUT2D eigenvalue weighted by Gasteiger charge is 2.27. The minimum Gasteiger partial charge on any atom is -0.338 e. The van der Waals surface area contributed by atoms with Crippen LogP contribution in [0.3, 0.4) is 0 Å². The van der Waals surface area contributed by atoms with Crippen molar-refractivity contribution in [3.05, 3.63) is 65.2 Å². The first-order valence-electron chi connectivity index (χ1n) is 10.6. The Hall–Kier alpha value is -2.60. The second-order valence-corrected chi connectivity index (χ2v) is 8.71. The molecule has 0 N–H and O–H groups in total. The smallest absolute Gasteiger partial charge is 0.233 e. The molecular weight excluding hydrogens is 392 g/mol. The third-order valence-electron chi connectivity index (χ3n) is 5.94. The summed E-state index contributed by atoms with van der Waals surface area (Å²) >= 11 is 1.47. The second-order valence-electron chi connectivity index (χ2n) is 7.77. The number of thioether (sulfide) groups is 1. The number of aromatic nitrogens is 3. The Morgan fingerprint density at radius 3 is 2.73 bits per heavy atom. The Morgan fingerprint density at radius 1 is 1.17 bits per heavy atom. The first kappa shape index (κ1) is 20.7. The number of benzene rings is 2. The lowest BCUT2D eigenvalue weighted by molar-refractivity contribution is -0.129. The van der Waals surface area contributed by atoms with Gasteiger partial charge < -0.3 is 9.47 Å². The van der Waals surface area contributed by atoms with Crippen molar-refractivity contribution in [2.24, 2.45) is 0 Å². The average Bonchev–Trinajstić information content (AvgIpc) is 3.19. The quantitative estimate of drug-likeness (QED) is 0.532. The van der Waals surface area contributed by atoms with Crippen LogP contribution in [0.15, 0.2) is 53.7 Å². The Kier molecular flexibility index (Phi) is 6.23. The van der Waals surface area contributed by atoms with Crippen LogP contribution < -0.4 is 0 Å². The number of carbonyl (C=O) groups excluding carboxylic acids is 1. The van der Waals surface area contributed by atoms with Gasteiger partial charge in [0.1, 0.15) is 0 Å². The molecule has 1 amide bonds. The van der Waals surface area contributed by atoms with E-state index in [1.807, 2.05) is 24.1 Å². The largest absolute Gasteiger partial charge is 0.338 e. The van der Waals surface area contributed by atoms with Gasteiger partial charge in [0.05, 0.1) is 11.8 Å². The fourth-order valence-corrected chi connectivity index (χ4v) is 5.16. The van der Waals surface area contributed by atoms with E-state index in [1.54, 1.807) is 0 Å². The van der Waals surface area contributed by atoms with Crippen LogP contribution in [-0.2, 0) is 17.8 Å². The zero-order chi connectivity index (χ0) is 21.1. The third-order valence-corrected chi connectivity index (χ3v) is 6.89. The Balaban J connectivity index is 1.48. The lowest BCUT2D eigenvalue weighted by Gasteiger charge is -2.33. The number of aryl methyl sites for hydroxylation is 2. The first-order chi connectivity index (χ1) is 14.6. The van der Waals surface area contributed by atoms with Crippen LogP contribution in [-0.4, -0.2) is 38.4 Å². The van der Waals surface area contributed by atoms with Gasteiger partial charge in [-0.1, -0.05) is 60.3 Å². The number of fused-ring (bicyclic) bond motifs is 1. The van der Waals surface area contributed by atoms with Crippen molar-refractivity contribution in [1.29, 1.82) is 0 Å². The molecule has 0 bridgehead atoms. The van der Waals surface area contributed by atoms with Crippen LogP contribution in [0.5, 0.6) is 0 Å². The molecule has 4 rings (SSSR count). The van der Waals surface area contributed by atoms with Gasteiger partial charge in [-0.3, -0.25) is 4.79 Å². The van der Waals surface area contributed by atoms with Gasteiger partial charge in [0.2, 0.25) is 5.91 Å². The van der Waals surface area contributed by atoms with Gasteiger partial charge >= 0.3 is 0 Å². The number of carbonyl (C=O) groups is 1. The summed E-state index contributed by atoms with van der Waals surface area (Å²) in [6.07, 6.45) is 3.24. The first-order valence-corrected chi connectivity index (χ1v) is 11.5. The van der Waals surface area contributed by atoms with Gasteiger partial charge in [-0.05, 0) is 49.8 Å². The van der Waals surface area contributed by atoms with Crippen molar-refractivity contribution in [2.75, 3.05) is 12.8 Å². The molecular formula is C24H28N4OS. The van der Waals surface area contributed by atoms with Crippen molar-refractivity contribution < 1.29 is 4.79 Å². The van der Waals surface area contributed by atoms with E-state index in [0.717, 1.165) is 42.4 Å². The van der Waals surface area contributed by atoms with E-state index in [0.29, 0.717) is 5.75 Å². The summed E-state index contributed by atoms with van der Waals surface area (Å²) in [5, 5.41) is 9.61. The van der Waals surface area contributed by atoms with Crippen LogP contribution in [0.4, 0.5) is 0 Å². The van der Waals surface area contributed by atoms with Gasteiger partial charge in [0, 0.05) is 19.2 Å². The molecule has 0 spiro atoms. The standard InChI is InChI=1S/C24H28N4OS/c1-4-28-23(19-13-7-5-10-17(19)2)25-26-24(28)30-16-22(29)27(3)21-15-9-12-18-11-6-8-14-20(18)21/h5-8,10-11,13-14,21H,4,9,12,15-16H2,1-3H3/t21-/m0/s1. The van der Waals surface area contributed by atoms with Gasteiger partial charge in [0.15, 0.2) is 11.0 Å². The van der Waals surface area contributed by atoms with E-state index in [-0.39, 0.29) is 11.9 Å². The van der Waals surface area contributed by atoms with Crippen LogP contribution in [0, 0.1) is 6.92 Å². The summed E-state index contributed by atoms with van der Waals surface area (Å²) in [6.45, 7) is 4.93. The molecule has 0 aliphatic heterocycles. The molecule has 0 unspecified atom stereocenters. The molecule has 0 saturated carbocycles. The molecule has 5 nitrogen and oxygen atoms in total. The zero-order valence-corrected chi connectivity index (χ0v) is 18.7. The topological polar surface area (TPSA) is 51.0 Å². The van der Waals surface area contributed by atoms with Crippen LogP contribution in [0.2, 0.25) is 0 Å². The van der Waals surface area contributed by atoms with E-state index in [9.17, 15) is 4.79 Å². The van der Waals surface area contributed by atoms with Gasteiger partial charge in [0.25, 0.3) is 0 Å². The number of nitrogens with zero attached hydrogens (tertiary/aromatic N) is 4. The molecule has 0 radical (unpaired) electrons. The molecule has 30 heavy (non-hydrogen) atoms. The molecule has 1 aliphatic rings. The van der Waals surface area contributed by atoms with Crippen molar-refractivity contribution in [1.82, 2.24) is 19.7 Å². The molecule has 6 heteroatoms. The highest BCUT2D eigenvalue weighted by molar-refractivity contribution is 7.99. The Morgan fingerprint density at radius 2 is 1.93 bits per heavy atom. The van der Waals surface area contributed by atoms with Crippen molar-refractivity contribution in [3.63, 3.8) is 0 Å². The minimum absolute atomic E-state index is 0.129. The number of hydrogen-bond acceptors (Lipinski definition) is 4. The van der Waals surface area contributed by atoms with E-state index in [1.165, 1.54) is 28.5 Å². The highest BCUT2D eigenvalue weighted by atomic mass is 32.2. The van der Waals surface area contributed by atoms with Gasteiger partial charge in [-0.25, -0.2) is 0 Å². The molecule has 1 aliphatic carbocycles. The van der Waals surface area contributed by atoms with Crippen molar-refractivity contribution in [3.8, 4) is 11.4 Å². The fourth-order valence-electron chi connectivity index (χ4n) is 4.24. The third kappa shape index (κ3) is 4.01. The van der Waals surface area contributed by atoms with Crippen LogP contribution in [0.1, 0.15) is 42.5 Å². The molecule has 156 valence electrons. The summed E-state index contributed by atoms with van der Waals surface area (Å²) in [5.41, 5.74) is 4.92. The van der Waals surface area contributed by atoms with Gasteiger partial charge in [-0.15, -0.1) is 10.2 Å². The predicted octanol–water partition coefficient (Wildman–Crippen LogP) is 4.90. The maximum absolute atomic E-state index is 13.0. The number of amides is 1. The number of rotatable bonds is 6. The Bertz CT molecular complexity index is 1050. The monoisotopic (exact) mass is 420 g/mol. The molecule has 0 fully saturated rings. The molecule has 0 saturated heterocycles. The van der Waals surface area contributed by atoms with E-state index in [4.69, 9.17) is 0 Å². The summed E-state index contributed by atoms with van der Waals surface area (Å²) in [4.78, 5) is 14.9. The maximum Gasteiger partial charge on any atom is 0.233 e. The number of hydrogen-bond donors (Lipinski definition) is 0. The molecule has 1 atom stereocenters. The lowest BCUT2D eigenvalue weighted by atomic mass is 9.87. The maximum atomic E-state index is 13.0. The SMILES string of the molecule is CCn1c(SCC(=O)N(C)[C@H]2CCCc3ccccc32)nnc1-c1ccccc1C. The van der Waals surface area contributed by atoms with Crippen molar-refractivity contribution >= 4 is 17.7 Å². The highest BCUT2D eigenvalue weighted by Crippen LogP contribution is 2.34. The molecule has 2 aromatic carbocycles. The van der Waals surface area contributed by atoms with Gasteiger partial charge in [-0.2, -0.15) is 0 Å². The second kappa shape index (κ2) is 9.04. The summed E-state index contributed by atoms with van der Waals surface area (Å²) in [6, 6.07) is 16.9. The molecule has 1 aromatic heterocycles. The van der Waals surface area contributed by atoms with E-state index < -0.39 is 0 Å². The normalized spacial score (nSPS) is 15.6. The molecule has 1 heterocycles. The van der Waals surface area contributed by atoms with E-state index >= 15 is 0 Å². The Labute approximate surface area is 182 Å². The summed E-state index contributed by atoms with van der Waals surface area (Å²) < 4.78 is 2.09. The predicted molar refractivity (Wildman–Crippen MR) is 121 cm³/mol. The minimum atomic E-state index is 0.129. The van der Waals surface area contributed by atoms with Crippen molar-refractivity contribution in [2.45, 2.75) is 50.9 Å². The molecule has 3 aromatic rings. The summed E-state index contributed by atoms with van der Waals surface area (Å²) in [7, 11) is 1.93. The van der Waals surface area contributed by atoms with Crippen LogP contribution >= 0.6 is 11.8 Å². The fraction of sp³-hybridized carbons (Fsp3) is 0.375. The lowest BCUT2D eigenvalue weighted by Crippen LogP contribution is -2.34. The van der Waals surface area contributed by atoms with E-state index in [2.05, 4.69) is 65.0 Å². The summed E-state index contributed by atoms with van der Waals surface area (Å²) in [5.74, 6) is 1.35. The zero-order valence-electron chi connectivity index (χ0n) is 17.8. The average molecular weight is 421 g/mol. The van der Waals surface area contributed by atoms with Crippen LogP contribution in [0.25, 0.3) is 11.4 Å².